The quantitative estimate of drug-likeness (QED) is 0.262. The van der Waals surface area contributed by atoms with E-state index in [4.69, 9.17) is 11.5 Å². The van der Waals surface area contributed by atoms with Crippen molar-refractivity contribution in [1.29, 1.82) is 0 Å². The lowest BCUT2D eigenvalue weighted by molar-refractivity contribution is -0.149. The van der Waals surface area contributed by atoms with Crippen LogP contribution in [0.5, 0.6) is 0 Å². The first-order valence-electron chi connectivity index (χ1n) is 11.8. The van der Waals surface area contributed by atoms with Crippen molar-refractivity contribution in [1.82, 2.24) is 15.5 Å². The summed E-state index contributed by atoms with van der Waals surface area (Å²) < 4.78 is 0. The van der Waals surface area contributed by atoms with Crippen molar-refractivity contribution < 1.29 is 29.1 Å². The zero-order chi connectivity index (χ0) is 26.1. The molecule has 4 amide bonds. The highest BCUT2D eigenvalue weighted by molar-refractivity contribution is 5.96. The van der Waals surface area contributed by atoms with E-state index < -0.39 is 60.2 Å². The van der Waals surface area contributed by atoms with Crippen LogP contribution in [0.1, 0.15) is 45.1 Å². The summed E-state index contributed by atoms with van der Waals surface area (Å²) in [6.07, 6.45) is 1.09. The predicted molar refractivity (Wildman–Crippen MR) is 128 cm³/mol. The number of rotatable bonds is 12. The third-order valence-corrected chi connectivity index (χ3v) is 6.32. The molecule has 1 fully saturated rings. The minimum absolute atomic E-state index is 0.0951. The second-order valence-electron chi connectivity index (χ2n) is 8.92. The second kappa shape index (κ2) is 12.8. The number of carbonyl (C=O) groups is 5. The van der Waals surface area contributed by atoms with E-state index >= 15 is 0 Å². The summed E-state index contributed by atoms with van der Waals surface area (Å²) in [6, 6.07) is 4.59. The van der Waals surface area contributed by atoms with Gasteiger partial charge in [-0.1, -0.05) is 50.6 Å². The number of carboxylic acids is 1. The number of nitrogens with one attached hydrogen (secondary N) is 2. The first kappa shape index (κ1) is 27.8. The average Bonchev–Trinajstić information content (AvgIpc) is 3.32. The normalized spacial score (nSPS) is 18.7. The average molecular weight is 490 g/mol. The van der Waals surface area contributed by atoms with Crippen LogP contribution in [-0.4, -0.2) is 70.3 Å². The Morgan fingerprint density at radius 2 is 1.71 bits per heavy atom. The Bertz CT molecular complexity index is 924. The van der Waals surface area contributed by atoms with Crippen molar-refractivity contribution >= 4 is 29.6 Å². The topological polar surface area (TPSA) is 185 Å². The molecule has 0 aliphatic carbocycles. The zero-order valence-electron chi connectivity index (χ0n) is 20.1. The van der Waals surface area contributed by atoms with Gasteiger partial charge in [0.2, 0.25) is 23.6 Å². The van der Waals surface area contributed by atoms with Crippen LogP contribution >= 0.6 is 0 Å². The van der Waals surface area contributed by atoms with Gasteiger partial charge in [0.1, 0.15) is 18.1 Å². The van der Waals surface area contributed by atoms with Gasteiger partial charge in [0.05, 0.1) is 12.5 Å². The molecule has 1 aromatic rings. The Hall–Kier alpha value is -3.47. The third kappa shape index (κ3) is 7.78. The van der Waals surface area contributed by atoms with Crippen LogP contribution < -0.4 is 22.1 Å². The van der Waals surface area contributed by atoms with Gasteiger partial charge in [-0.2, -0.15) is 0 Å². The maximum atomic E-state index is 13.4. The number of hydrogen-bond donors (Lipinski definition) is 5. The van der Waals surface area contributed by atoms with Crippen molar-refractivity contribution in [2.45, 2.75) is 70.1 Å². The molecule has 0 bridgehead atoms. The summed E-state index contributed by atoms with van der Waals surface area (Å²) >= 11 is 0. The van der Waals surface area contributed by atoms with E-state index in [1.807, 2.05) is 6.92 Å². The highest BCUT2D eigenvalue weighted by Crippen LogP contribution is 2.20. The van der Waals surface area contributed by atoms with Crippen LogP contribution in [0.15, 0.2) is 30.3 Å². The van der Waals surface area contributed by atoms with Crippen LogP contribution in [0.3, 0.4) is 0 Å². The summed E-state index contributed by atoms with van der Waals surface area (Å²) in [7, 11) is 0. The molecule has 5 unspecified atom stereocenters. The summed E-state index contributed by atoms with van der Waals surface area (Å²) in [5, 5.41) is 14.6. The van der Waals surface area contributed by atoms with E-state index in [0.29, 0.717) is 19.3 Å². The van der Waals surface area contributed by atoms with Crippen molar-refractivity contribution in [3.8, 4) is 0 Å². The molecule has 0 saturated carbocycles. The number of carbonyl (C=O) groups excluding carboxylic acids is 4. The molecule has 1 aliphatic heterocycles. The standard InChI is InChI=1S/C24H35N5O6/c1-3-14(2)20(26)22(32)27-16(13-19(25)30)21(31)28-17(12-15-8-5-4-6-9-15)23(33)29-11-7-10-18(29)24(34)35/h4-6,8-9,14,16-18,20H,3,7,10-13,26H2,1-2H3,(H2,25,30)(H,27,32)(H,28,31)(H,34,35). The molecule has 7 N–H and O–H groups in total. The third-order valence-electron chi connectivity index (χ3n) is 6.32. The van der Waals surface area contributed by atoms with Crippen molar-refractivity contribution in [3.63, 3.8) is 0 Å². The predicted octanol–water partition coefficient (Wildman–Crippen LogP) is -0.477. The Morgan fingerprint density at radius 1 is 1.09 bits per heavy atom. The van der Waals surface area contributed by atoms with Gasteiger partial charge in [-0.05, 0) is 24.3 Å². The minimum Gasteiger partial charge on any atom is -0.480 e. The maximum Gasteiger partial charge on any atom is 0.326 e. The van der Waals surface area contributed by atoms with E-state index in [1.54, 1.807) is 37.3 Å². The van der Waals surface area contributed by atoms with Crippen LogP contribution in [0.4, 0.5) is 0 Å². The van der Waals surface area contributed by atoms with Gasteiger partial charge in [0.15, 0.2) is 0 Å². The van der Waals surface area contributed by atoms with Gasteiger partial charge in [-0.25, -0.2) is 4.79 Å². The van der Waals surface area contributed by atoms with Crippen LogP contribution in [0, 0.1) is 5.92 Å². The van der Waals surface area contributed by atoms with Gasteiger partial charge in [-0.3, -0.25) is 19.2 Å². The lowest BCUT2D eigenvalue weighted by Gasteiger charge is -2.29. The molecular formula is C24H35N5O6. The summed E-state index contributed by atoms with van der Waals surface area (Å²) in [4.78, 5) is 63.6. The summed E-state index contributed by atoms with van der Waals surface area (Å²) in [6.45, 7) is 3.91. The molecule has 35 heavy (non-hydrogen) atoms. The molecule has 192 valence electrons. The van der Waals surface area contributed by atoms with E-state index in [9.17, 15) is 29.1 Å². The molecule has 1 aliphatic rings. The highest BCUT2D eigenvalue weighted by Gasteiger charge is 2.38. The van der Waals surface area contributed by atoms with Crippen LogP contribution in [0.2, 0.25) is 0 Å². The SMILES string of the molecule is CCC(C)C(N)C(=O)NC(CC(N)=O)C(=O)NC(Cc1ccccc1)C(=O)N1CCCC1C(=O)O. The molecular weight excluding hydrogens is 454 g/mol. The molecule has 11 nitrogen and oxygen atoms in total. The van der Waals surface area contributed by atoms with Crippen LogP contribution in [-0.2, 0) is 30.4 Å². The Balaban J connectivity index is 2.26. The molecule has 2 rings (SSSR count). The number of primary amides is 1. The van der Waals surface area contributed by atoms with Gasteiger partial charge < -0.3 is 32.1 Å². The second-order valence-corrected chi connectivity index (χ2v) is 8.92. The molecule has 0 spiro atoms. The lowest BCUT2D eigenvalue weighted by Crippen LogP contribution is -2.58. The lowest BCUT2D eigenvalue weighted by atomic mass is 9.98. The number of hydrogen-bond acceptors (Lipinski definition) is 6. The number of carboxylic acid groups (broad SMARTS) is 1. The van der Waals surface area contributed by atoms with E-state index in [-0.39, 0.29) is 18.9 Å². The number of nitrogens with two attached hydrogens (primary N) is 2. The molecule has 0 radical (unpaired) electrons. The van der Waals surface area contributed by atoms with Crippen LogP contribution in [0.25, 0.3) is 0 Å². The molecule has 1 saturated heterocycles. The molecule has 1 heterocycles. The Morgan fingerprint density at radius 3 is 2.29 bits per heavy atom. The number of amides is 4. The number of likely N-dealkylation sites (tertiary alicyclic amines) is 1. The van der Waals surface area contributed by atoms with Crippen molar-refractivity contribution in [2.24, 2.45) is 17.4 Å². The van der Waals surface area contributed by atoms with Gasteiger partial charge in [-0.15, -0.1) is 0 Å². The first-order chi connectivity index (χ1) is 16.5. The number of nitrogens with zero attached hydrogens (tertiary/aromatic N) is 1. The Labute approximate surface area is 204 Å². The summed E-state index contributed by atoms with van der Waals surface area (Å²) in [5.41, 5.74) is 12.0. The first-order valence-corrected chi connectivity index (χ1v) is 11.8. The molecule has 5 atom stereocenters. The maximum absolute atomic E-state index is 13.4. The van der Waals surface area contributed by atoms with E-state index in [1.165, 1.54) is 4.90 Å². The Kier molecular flexibility index (Phi) is 10.2. The fraction of sp³-hybridized carbons (Fsp3) is 0.542. The molecule has 0 aromatic heterocycles. The van der Waals surface area contributed by atoms with Gasteiger partial charge in [0.25, 0.3) is 0 Å². The van der Waals surface area contributed by atoms with Gasteiger partial charge in [0, 0.05) is 13.0 Å². The smallest absolute Gasteiger partial charge is 0.326 e. The van der Waals surface area contributed by atoms with Gasteiger partial charge >= 0.3 is 5.97 Å². The fourth-order valence-electron chi connectivity index (χ4n) is 4.00. The highest BCUT2D eigenvalue weighted by atomic mass is 16.4. The minimum atomic E-state index is -1.34. The number of aliphatic carboxylic acids is 1. The van der Waals surface area contributed by atoms with Crippen molar-refractivity contribution in [3.05, 3.63) is 35.9 Å². The number of benzene rings is 1. The van der Waals surface area contributed by atoms with E-state index in [0.717, 1.165) is 5.56 Å². The zero-order valence-corrected chi connectivity index (χ0v) is 20.1. The fourth-order valence-corrected chi connectivity index (χ4v) is 4.00. The molecule has 11 heteroatoms. The summed E-state index contributed by atoms with van der Waals surface area (Å²) in [5.74, 6) is -4.04. The monoisotopic (exact) mass is 489 g/mol. The van der Waals surface area contributed by atoms with Crippen molar-refractivity contribution in [2.75, 3.05) is 6.54 Å². The van der Waals surface area contributed by atoms with E-state index in [2.05, 4.69) is 10.6 Å². The largest absolute Gasteiger partial charge is 0.480 e. The molecule has 1 aromatic carbocycles.